The average Bonchev–Trinajstić information content (AvgIpc) is 3.82. The molecule has 2 heteroatoms. The van der Waals surface area contributed by atoms with E-state index in [4.69, 9.17) is 0 Å². The van der Waals surface area contributed by atoms with Crippen molar-refractivity contribution in [1.82, 2.24) is 0 Å². The standard InChI is InChI=1S/C62H43NSi/c1-61(2)49-25-8-10-27-51(49)62(52-28-11-9-26-50(52)61)53-29-12-13-30-55(53)63(56-37-34-41(38-54(56)62)44-24-17-19-40-18-3-4-20-43(40)44)42-35-36-48-47-23-7-16-33-59(47)64(60(48)39-42)57-31-14-5-21-45(57)46-22-6-15-32-58(46)64/h3-39H,1-2H3. The Morgan fingerprint density at radius 3 is 1.48 bits per heavy atom. The topological polar surface area (TPSA) is 3.24 Å². The van der Waals surface area contributed by atoms with E-state index in [1.807, 2.05) is 0 Å². The number of benzene rings is 10. The van der Waals surface area contributed by atoms with Gasteiger partial charge in [0.1, 0.15) is 0 Å². The van der Waals surface area contributed by atoms with Crippen LogP contribution in [0.4, 0.5) is 17.1 Å². The van der Waals surface area contributed by atoms with Gasteiger partial charge in [-0.3, -0.25) is 0 Å². The highest BCUT2D eigenvalue weighted by molar-refractivity contribution is 7.24. The molecule has 4 aliphatic rings. The molecule has 1 aliphatic carbocycles. The lowest BCUT2D eigenvalue weighted by Gasteiger charge is -2.52. The minimum Gasteiger partial charge on any atom is -0.310 e. The lowest BCUT2D eigenvalue weighted by molar-refractivity contribution is 0.556. The Bertz CT molecular complexity index is 3510. The first-order valence-electron chi connectivity index (χ1n) is 22.7. The van der Waals surface area contributed by atoms with Crippen molar-refractivity contribution in [2.45, 2.75) is 24.7 Å². The van der Waals surface area contributed by atoms with Gasteiger partial charge in [0.25, 0.3) is 0 Å². The van der Waals surface area contributed by atoms with Crippen molar-refractivity contribution in [1.29, 1.82) is 0 Å². The summed E-state index contributed by atoms with van der Waals surface area (Å²) in [6.07, 6.45) is 0. The molecule has 0 aromatic heterocycles. The summed E-state index contributed by atoms with van der Waals surface area (Å²) >= 11 is 0. The van der Waals surface area contributed by atoms with E-state index in [-0.39, 0.29) is 5.41 Å². The van der Waals surface area contributed by atoms with Crippen LogP contribution in [0.2, 0.25) is 0 Å². The average molecular weight is 830 g/mol. The number of fused-ring (bicyclic) bond motifs is 19. The van der Waals surface area contributed by atoms with E-state index in [0.717, 1.165) is 0 Å². The fourth-order valence-corrected chi connectivity index (χ4v) is 18.6. The van der Waals surface area contributed by atoms with Gasteiger partial charge in [-0.15, -0.1) is 0 Å². The lowest BCUT2D eigenvalue weighted by Crippen LogP contribution is -2.70. The molecule has 0 saturated heterocycles. The molecule has 300 valence electrons. The van der Waals surface area contributed by atoms with Gasteiger partial charge in [-0.05, 0) is 129 Å². The summed E-state index contributed by atoms with van der Waals surface area (Å²) in [5.41, 5.74) is 18.9. The van der Waals surface area contributed by atoms with Gasteiger partial charge in [0.05, 0.1) is 16.8 Å². The molecule has 3 heterocycles. The van der Waals surface area contributed by atoms with Crippen molar-refractivity contribution in [3.63, 3.8) is 0 Å². The summed E-state index contributed by atoms with van der Waals surface area (Å²) in [5, 5.41) is 8.48. The fourth-order valence-electron chi connectivity index (χ4n) is 13.0. The zero-order valence-electron chi connectivity index (χ0n) is 35.8. The predicted octanol–water partition coefficient (Wildman–Crippen LogP) is 12.7. The monoisotopic (exact) mass is 829 g/mol. The van der Waals surface area contributed by atoms with E-state index in [1.165, 1.54) is 115 Å². The number of para-hydroxylation sites is 1. The van der Waals surface area contributed by atoms with Crippen molar-refractivity contribution in [3.8, 4) is 33.4 Å². The Morgan fingerprint density at radius 1 is 0.344 bits per heavy atom. The van der Waals surface area contributed by atoms with Crippen LogP contribution in [-0.4, -0.2) is 8.07 Å². The molecule has 14 rings (SSSR count). The molecule has 1 nitrogen and oxygen atoms in total. The number of anilines is 3. The van der Waals surface area contributed by atoms with E-state index < -0.39 is 13.5 Å². The van der Waals surface area contributed by atoms with E-state index in [2.05, 4.69) is 243 Å². The van der Waals surface area contributed by atoms with Crippen LogP contribution in [-0.2, 0) is 10.8 Å². The zero-order chi connectivity index (χ0) is 42.4. The molecular weight excluding hydrogens is 787 g/mol. The SMILES string of the molecule is CC1(C)c2ccccc2C2(c3ccccc3N(c3ccc4c(c3)[Si]3(c5ccccc5-c5ccccc53)c3ccccc3-4)c3ccc(-c4cccc5ccccc45)cc32)c2ccccc21. The Morgan fingerprint density at radius 2 is 0.828 bits per heavy atom. The van der Waals surface area contributed by atoms with Crippen molar-refractivity contribution in [3.05, 3.63) is 258 Å². The zero-order valence-corrected chi connectivity index (χ0v) is 36.8. The molecule has 64 heavy (non-hydrogen) atoms. The van der Waals surface area contributed by atoms with Crippen molar-refractivity contribution >= 4 is 56.7 Å². The highest BCUT2D eigenvalue weighted by Gasteiger charge is 2.56. The van der Waals surface area contributed by atoms with Crippen molar-refractivity contribution in [2.75, 3.05) is 4.90 Å². The molecule has 10 aromatic carbocycles. The molecule has 0 N–H and O–H groups in total. The quantitative estimate of drug-likeness (QED) is 0.157. The summed E-state index contributed by atoms with van der Waals surface area (Å²) in [7, 11) is -2.69. The van der Waals surface area contributed by atoms with Gasteiger partial charge >= 0.3 is 0 Å². The Labute approximate surface area is 375 Å². The second-order valence-corrected chi connectivity index (χ2v) is 22.3. The Hall–Kier alpha value is -7.52. The van der Waals surface area contributed by atoms with Crippen LogP contribution in [0.5, 0.6) is 0 Å². The first kappa shape index (κ1) is 36.0. The summed E-state index contributed by atoms with van der Waals surface area (Å²) < 4.78 is 0. The number of rotatable bonds is 2. The third kappa shape index (κ3) is 4.34. The van der Waals surface area contributed by atoms with E-state index in [9.17, 15) is 0 Å². The van der Waals surface area contributed by atoms with Crippen LogP contribution in [0, 0.1) is 0 Å². The Balaban J connectivity index is 1.10. The number of nitrogens with zero attached hydrogens (tertiary/aromatic N) is 1. The van der Waals surface area contributed by atoms with Gasteiger partial charge < -0.3 is 4.90 Å². The third-order valence-corrected chi connectivity index (χ3v) is 20.5. The number of hydrogen-bond acceptors (Lipinski definition) is 1. The third-order valence-electron chi connectivity index (χ3n) is 15.5. The van der Waals surface area contributed by atoms with Gasteiger partial charge in [0.15, 0.2) is 8.07 Å². The summed E-state index contributed by atoms with van der Waals surface area (Å²) in [5.74, 6) is 0. The highest BCUT2D eigenvalue weighted by Crippen LogP contribution is 2.63. The van der Waals surface area contributed by atoms with Crippen LogP contribution >= 0.6 is 0 Å². The summed E-state index contributed by atoms with van der Waals surface area (Å²) in [4.78, 5) is 2.60. The van der Waals surface area contributed by atoms with Crippen LogP contribution in [0.1, 0.15) is 47.2 Å². The molecule has 0 fully saturated rings. The maximum absolute atomic E-state index is 2.69. The molecule has 0 atom stereocenters. The van der Waals surface area contributed by atoms with Crippen LogP contribution in [0.3, 0.4) is 0 Å². The maximum Gasteiger partial charge on any atom is 0.182 e. The molecule has 0 unspecified atom stereocenters. The van der Waals surface area contributed by atoms with E-state index >= 15 is 0 Å². The summed E-state index contributed by atoms with van der Waals surface area (Å²) in [6, 6.07) is 86.1. The first-order chi connectivity index (χ1) is 31.5. The maximum atomic E-state index is 2.60. The minimum absolute atomic E-state index is 0.195. The lowest BCUT2D eigenvalue weighted by atomic mass is 9.53. The van der Waals surface area contributed by atoms with E-state index in [1.54, 1.807) is 0 Å². The number of hydrogen-bond donors (Lipinski definition) is 0. The van der Waals surface area contributed by atoms with Gasteiger partial charge in [0, 0.05) is 11.1 Å². The molecule has 0 amide bonds. The first-order valence-corrected chi connectivity index (χ1v) is 24.7. The fraction of sp³-hybridized carbons (Fsp3) is 0.0645. The van der Waals surface area contributed by atoms with Crippen LogP contribution in [0.15, 0.2) is 224 Å². The second kappa shape index (κ2) is 12.8. The van der Waals surface area contributed by atoms with Crippen molar-refractivity contribution < 1.29 is 0 Å². The predicted molar refractivity (Wildman–Crippen MR) is 270 cm³/mol. The molecule has 0 bridgehead atoms. The highest BCUT2D eigenvalue weighted by atomic mass is 28.3. The van der Waals surface area contributed by atoms with Gasteiger partial charge in [-0.25, -0.2) is 0 Å². The van der Waals surface area contributed by atoms with Crippen molar-refractivity contribution in [2.24, 2.45) is 0 Å². The van der Waals surface area contributed by atoms with Gasteiger partial charge in [-0.1, -0.05) is 208 Å². The van der Waals surface area contributed by atoms with Gasteiger partial charge in [-0.2, -0.15) is 0 Å². The molecule has 2 spiro atoms. The Kier molecular flexibility index (Phi) is 7.19. The largest absolute Gasteiger partial charge is 0.310 e. The molecule has 3 aliphatic heterocycles. The molecule has 10 aromatic rings. The smallest absolute Gasteiger partial charge is 0.182 e. The molecular formula is C62H43NSi. The van der Waals surface area contributed by atoms with Gasteiger partial charge in [0.2, 0.25) is 0 Å². The molecule has 0 radical (unpaired) electrons. The minimum atomic E-state index is -2.69. The van der Waals surface area contributed by atoms with E-state index in [0.29, 0.717) is 0 Å². The summed E-state index contributed by atoms with van der Waals surface area (Å²) in [6.45, 7) is 4.82. The van der Waals surface area contributed by atoms with Crippen LogP contribution in [0.25, 0.3) is 44.2 Å². The normalized spacial score (nSPS) is 15.7. The second-order valence-electron chi connectivity index (χ2n) is 18.7. The molecule has 0 saturated carbocycles. The van der Waals surface area contributed by atoms with Crippen LogP contribution < -0.4 is 25.6 Å².